The minimum atomic E-state index is -3.08. The number of ether oxygens (including phenoxy) is 6. The molecule has 0 saturated carbocycles. The van der Waals surface area contributed by atoms with E-state index in [9.17, 15) is 75.7 Å². The van der Waals surface area contributed by atoms with Gasteiger partial charge in [0, 0.05) is 19.8 Å². The molecule has 3 rings (SSSR count). The number of carbonyl (C=O) groups is 3. The number of nitrogens with one attached hydrogen (secondary N) is 2. The van der Waals surface area contributed by atoms with E-state index in [-0.39, 0.29) is 18.9 Å². The second kappa shape index (κ2) is 43.2. The molecule has 0 radical (unpaired) electrons. The zero-order chi connectivity index (χ0) is 61.9. The van der Waals surface area contributed by atoms with E-state index in [2.05, 4.69) is 36.6 Å². The Morgan fingerprint density at radius 3 is 1.64 bits per heavy atom. The summed E-state index contributed by atoms with van der Waals surface area (Å²) in [5.74, 6) is -6.12. The Kier molecular flexibility index (Phi) is 38.9. The topological polar surface area (TPSA) is 373 Å². The third-order valence-electron chi connectivity index (χ3n) is 16.5. The molecule has 3 aliphatic heterocycles. The molecule has 3 saturated heterocycles. The van der Waals surface area contributed by atoms with Gasteiger partial charge in [0.05, 0.1) is 50.7 Å². The third kappa shape index (κ3) is 26.7. The fourth-order valence-electron chi connectivity index (χ4n) is 11.3. The number of amides is 2. The standard InChI is InChI=1S/C61H112N2O21/c1-4-6-8-10-12-14-16-17-18-19-20-21-22-23-24-25-26-28-30-32-34-43(68)42(63-48(71)35-33-31-29-27-15-13-11-9-7-5-2)40-79-58-53(75)52(74)55(47(39-66)81-58)82-59-54(76)57(51(73)46(38-65)80-59)84-61(60(77)78)36-44(69)49(62-41(3)67)56(83-61)50(72)45(70)37-64/h11,13,42-47,49-59,64-66,68-70,72-76H,4-10,12,14-40H2,1-3H3,(H,62,67)(H,63,71)(H,77,78)/b13-11-. The van der Waals surface area contributed by atoms with Crippen LogP contribution in [0.15, 0.2) is 12.2 Å². The van der Waals surface area contributed by atoms with Crippen molar-refractivity contribution in [2.75, 3.05) is 26.4 Å². The number of aliphatic carboxylic acids is 1. The molecule has 0 aliphatic carbocycles. The van der Waals surface area contributed by atoms with Crippen LogP contribution in [0.3, 0.4) is 0 Å². The molecule has 23 nitrogen and oxygen atoms in total. The lowest BCUT2D eigenvalue weighted by Gasteiger charge is -2.50. The molecule has 492 valence electrons. The predicted molar refractivity (Wildman–Crippen MR) is 311 cm³/mol. The lowest BCUT2D eigenvalue weighted by Crippen LogP contribution is -2.70. The van der Waals surface area contributed by atoms with Crippen LogP contribution in [0.2, 0.25) is 0 Å². The minimum Gasteiger partial charge on any atom is -0.477 e. The molecule has 0 spiro atoms. The van der Waals surface area contributed by atoms with E-state index < -0.39 is 148 Å². The number of unbranched alkanes of at least 4 members (excludes halogenated alkanes) is 25. The van der Waals surface area contributed by atoms with Gasteiger partial charge >= 0.3 is 5.97 Å². The van der Waals surface area contributed by atoms with Gasteiger partial charge in [-0.05, 0) is 32.1 Å². The number of rotatable bonds is 47. The molecule has 2 amide bonds. The number of allylic oxidation sites excluding steroid dienone is 2. The van der Waals surface area contributed by atoms with Crippen LogP contribution >= 0.6 is 0 Å². The summed E-state index contributed by atoms with van der Waals surface area (Å²) in [6.07, 6.45) is 8.20. The van der Waals surface area contributed by atoms with Crippen LogP contribution in [0, 0.1) is 0 Å². The van der Waals surface area contributed by atoms with E-state index in [1.165, 1.54) is 96.3 Å². The molecule has 0 aromatic rings. The maximum Gasteiger partial charge on any atom is 0.364 e. The molecule has 23 heteroatoms. The van der Waals surface area contributed by atoms with Gasteiger partial charge in [-0.3, -0.25) is 9.59 Å². The smallest absolute Gasteiger partial charge is 0.364 e. The Morgan fingerprint density at radius 1 is 0.607 bits per heavy atom. The highest BCUT2D eigenvalue weighted by atomic mass is 16.8. The largest absolute Gasteiger partial charge is 0.477 e. The predicted octanol–water partition coefficient (Wildman–Crippen LogP) is 3.95. The van der Waals surface area contributed by atoms with Crippen molar-refractivity contribution in [2.45, 2.75) is 330 Å². The van der Waals surface area contributed by atoms with Crippen molar-refractivity contribution in [1.82, 2.24) is 10.6 Å². The van der Waals surface area contributed by atoms with Gasteiger partial charge in [0.1, 0.15) is 67.1 Å². The number of aliphatic hydroxyl groups excluding tert-OH is 11. The molecule has 18 unspecified atom stereocenters. The second-order valence-corrected chi connectivity index (χ2v) is 23.6. The summed E-state index contributed by atoms with van der Waals surface area (Å²) < 4.78 is 34.7. The quantitative estimate of drug-likeness (QED) is 0.0303. The average Bonchev–Trinajstić information content (AvgIpc) is 1.22. The highest BCUT2D eigenvalue weighted by Crippen LogP contribution is 2.38. The van der Waals surface area contributed by atoms with Gasteiger partial charge in [-0.25, -0.2) is 4.79 Å². The molecular weight excluding hydrogens is 1100 g/mol. The molecule has 18 atom stereocenters. The normalized spacial score (nSPS) is 29.8. The summed E-state index contributed by atoms with van der Waals surface area (Å²) in [7, 11) is 0. The van der Waals surface area contributed by atoms with E-state index in [0.29, 0.717) is 19.3 Å². The maximum absolute atomic E-state index is 13.3. The van der Waals surface area contributed by atoms with Crippen molar-refractivity contribution in [1.29, 1.82) is 0 Å². The molecule has 0 aromatic heterocycles. The van der Waals surface area contributed by atoms with Crippen LogP contribution in [0.5, 0.6) is 0 Å². The summed E-state index contributed by atoms with van der Waals surface area (Å²) in [5, 5.41) is 136. The first-order chi connectivity index (χ1) is 40.4. The molecule has 0 aromatic carbocycles. The fraction of sp³-hybridized carbons (Fsp3) is 0.918. The SMILES string of the molecule is CCCC/C=C\CCCCCCC(=O)NC(COC1OC(CO)C(OC2OC(CO)C(O)C(OC3(C(=O)O)CC(O)C(NC(C)=O)C(C(O)C(O)CO)O3)C2O)C(O)C1O)C(O)CCCCCCCCCCCCCCCCCCCCCC. The third-order valence-corrected chi connectivity index (χ3v) is 16.5. The van der Waals surface area contributed by atoms with E-state index in [1.54, 1.807) is 0 Å². The summed E-state index contributed by atoms with van der Waals surface area (Å²) >= 11 is 0. The zero-order valence-corrected chi connectivity index (χ0v) is 50.8. The second-order valence-electron chi connectivity index (χ2n) is 23.6. The zero-order valence-electron chi connectivity index (χ0n) is 50.8. The molecule has 0 bridgehead atoms. The van der Waals surface area contributed by atoms with Crippen molar-refractivity contribution in [2.24, 2.45) is 0 Å². The van der Waals surface area contributed by atoms with Gasteiger partial charge in [-0.2, -0.15) is 0 Å². The molecule has 3 heterocycles. The van der Waals surface area contributed by atoms with Crippen molar-refractivity contribution < 1.29 is 104 Å². The molecule has 3 aliphatic rings. The first kappa shape index (κ1) is 75.7. The molecule has 14 N–H and O–H groups in total. The number of carboxylic acids is 1. The lowest BCUT2D eigenvalue weighted by molar-refractivity contribution is -0.386. The average molecular weight is 1210 g/mol. The molecule has 84 heavy (non-hydrogen) atoms. The van der Waals surface area contributed by atoms with Crippen LogP contribution in [-0.2, 0) is 42.8 Å². The fourth-order valence-corrected chi connectivity index (χ4v) is 11.3. The lowest BCUT2D eigenvalue weighted by atomic mass is 9.88. The van der Waals surface area contributed by atoms with Gasteiger partial charge in [-0.1, -0.05) is 180 Å². The van der Waals surface area contributed by atoms with Crippen LogP contribution in [0.25, 0.3) is 0 Å². The number of hydrogen-bond donors (Lipinski definition) is 14. The van der Waals surface area contributed by atoms with Crippen molar-refractivity contribution in [3.05, 3.63) is 12.2 Å². The van der Waals surface area contributed by atoms with Gasteiger partial charge in [0.2, 0.25) is 11.8 Å². The first-order valence-electron chi connectivity index (χ1n) is 32.0. The van der Waals surface area contributed by atoms with Crippen molar-refractivity contribution >= 4 is 17.8 Å². The van der Waals surface area contributed by atoms with Crippen LogP contribution < -0.4 is 10.6 Å². The summed E-state index contributed by atoms with van der Waals surface area (Å²) in [5.41, 5.74) is 0. The maximum atomic E-state index is 13.3. The van der Waals surface area contributed by atoms with Crippen LogP contribution in [-0.4, -0.2) is 215 Å². The Hall–Kier alpha value is -2.53. The van der Waals surface area contributed by atoms with Crippen LogP contribution in [0.4, 0.5) is 0 Å². The number of carboxylic acid groups (broad SMARTS) is 1. The number of hydrogen-bond acceptors (Lipinski definition) is 20. The molecular formula is C61H112N2O21. The van der Waals surface area contributed by atoms with Gasteiger partial charge in [0.15, 0.2) is 12.6 Å². The van der Waals surface area contributed by atoms with Crippen molar-refractivity contribution in [3.63, 3.8) is 0 Å². The Bertz CT molecular complexity index is 1770. The monoisotopic (exact) mass is 1210 g/mol. The number of aliphatic hydroxyl groups is 11. The van der Waals surface area contributed by atoms with E-state index in [1.807, 2.05) is 0 Å². The minimum absolute atomic E-state index is 0.209. The summed E-state index contributed by atoms with van der Waals surface area (Å²) in [6.45, 7) is 2.12. The van der Waals surface area contributed by atoms with E-state index in [4.69, 9.17) is 28.4 Å². The highest BCUT2D eigenvalue weighted by molar-refractivity contribution is 5.77. The van der Waals surface area contributed by atoms with Crippen molar-refractivity contribution in [3.8, 4) is 0 Å². The molecule has 3 fully saturated rings. The van der Waals surface area contributed by atoms with E-state index in [0.717, 1.165) is 77.6 Å². The Labute approximate surface area is 499 Å². The Morgan fingerprint density at radius 2 is 1.12 bits per heavy atom. The van der Waals surface area contributed by atoms with Crippen LogP contribution in [0.1, 0.15) is 220 Å². The Balaban J connectivity index is 1.61. The van der Waals surface area contributed by atoms with Gasteiger partial charge in [0.25, 0.3) is 5.79 Å². The first-order valence-corrected chi connectivity index (χ1v) is 32.0. The van der Waals surface area contributed by atoms with Gasteiger partial charge < -0.3 is 100 Å². The summed E-state index contributed by atoms with van der Waals surface area (Å²) in [4.78, 5) is 38.4. The highest BCUT2D eigenvalue weighted by Gasteiger charge is 2.60. The number of carbonyl (C=O) groups excluding carboxylic acids is 2. The summed E-state index contributed by atoms with van der Waals surface area (Å²) in [6, 6.07) is -2.53. The van der Waals surface area contributed by atoms with E-state index >= 15 is 0 Å². The van der Waals surface area contributed by atoms with Gasteiger partial charge in [-0.15, -0.1) is 0 Å².